The van der Waals surface area contributed by atoms with E-state index < -0.39 is 6.04 Å². The van der Waals surface area contributed by atoms with Crippen molar-refractivity contribution in [1.29, 1.82) is 0 Å². The molecule has 0 radical (unpaired) electrons. The maximum Gasteiger partial charge on any atom is 0.239 e. The molecule has 1 aliphatic heterocycles. The molecule has 0 saturated carbocycles. The third-order valence-corrected chi connectivity index (χ3v) is 3.36. The topological polar surface area (TPSA) is 55.6 Å². The van der Waals surface area contributed by atoms with Crippen LogP contribution in [0.2, 0.25) is 5.02 Å². The van der Waals surface area contributed by atoms with Gasteiger partial charge in [0.1, 0.15) is 6.10 Å². The number of benzene rings is 1. The summed E-state index contributed by atoms with van der Waals surface area (Å²) in [4.78, 5) is 13.6. The minimum absolute atomic E-state index is 0. The summed E-state index contributed by atoms with van der Waals surface area (Å²) in [7, 11) is 0. The average Bonchev–Trinajstić information content (AvgIpc) is 2.38. The second-order valence-corrected chi connectivity index (χ2v) is 4.86. The van der Waals surface area contributed by atoms with Gasteiger partial charge < -0.3 is 15.4 Å². The number of morpholine rings is 1. The Morgan fingerprint density at radius 1 is 1.53 bits per heavy atom. The number of carbonyl (C=O) groups is 1. The van der Waals surface area contributed by atoms with Crippen LogP contribution in [0.3, 0.4) is 0 Å². The summed E-state index contributed by atoms with van der Waals surface area (Å²) in [6.07, 6.45) is -0.171. The van der Waals surface area contributed by atoms with Crippen LogP contribution in [0.5, 0.6) is 0 Å². The zero-order valence-corrected chi connectivity index (χ0v) is 12.3. The molecular weight excluding hydrogens is 287 g/mol. The SMILES string of the molecule is C[C@@H](N)C(=O)N1CCOC(c2ccccc2Cl)C1.Cl. The van der Waals surface area contributed by atoms with Crippen molar-refractivity contribution in [2.45, 2.75) is 19.1 Å². The quantitative estimate of drug-likeness (QED) is 0.909. The summed E-state index contributed by atoms with van der Waals surface area (Å²) in [6, 6.07) is 7.06. The average molecular weight is 305 g/mol. The normalized spacial score (nSPS) is 20.6. The smallest absolute Gasteiger partial charge is 0.239 e. The second kappa shape index (κ2) is 7.10. The molecule has 2 rings (SSSR count). The Morgan fingerprint density at radius 3 is 2.84 bits per heavy atom. The van der Waals surface area contributed by atoms with Gasteiger partial charge in [-0.15, -0.1) is 12.4 Å². The number of halogens is 2. The number of rotatable bonds is 2. The third-order valence-electron chi connectivity index (χ3n) is 3.02. The molecule has 1 unspecified atom stereocenters. The standard InChI is InChI=1S/C13H17ClN2O2.ClH/c1-9(15)13(17)16-6-7-18-12(8-16)10-4-2-3-5-11(10)14;/h2-5,9,12H,6-8,15H2,1H3;1H/t9-,12?;/m1./s1. The van der Waals surface area contributed by atoms with Gasteiger partial charge in [0.2, 0.25) is 5.91 Å². The summed E-state index contributed by atoms with van der Waals surface area (Å²) in [5, 5.41) is 0.664. The molecule has 19 heavy (non-hydrogen) atoms. The van der Waals surface area contributed by atoms with Gasteiger partial charge in [0.25, 0.3) is 0 Å². The summed E-state index contributed by atoms with van der Waals surface area (Å²) in [5.41, 5.74) is 6.54. The van der Waals surface area contributed by atoms with Crippen molar-refractivity contribution in [2.24, 2.45) is 5.73 Å². The van der Waals surface area contributed by atoms with Crippen LogP contribution in [-0.2, 0) is 9.53 Å². The van der Waals surface area contributed by atoms with Crippen LogP contribution in [-0.4, -0.2) is 36.5 Å². The van der Waals surface area contributed by atoms with Crippen LogP contribution >= 0.6 is 24.0 Å². The highest BCUT2D eigenvalue weighted by molar-refractivity contribution is 6.31. The van der Waals surface area contributed by atoms with Gasteiger partial charge in [-0.1, -0.05) is 29.8 Å². The Bertz CT molecular complexity index is 440. The Balaban J connectivity index is 0.00000180. The molecule has 2 N–H and O–H groups in total. The molecule has 0 aromatic heterocycles. The van der Waals surface area contributed by atoms with E-state index in [2.05, 4.69) is 0 Å². The van der Waals surface area contributed by atoms with E-state index in [9.17, 15) is 4.79 Å². The predicted molar refractivity (Wildman–Crippen MR) is 77.6 cm³/mol. The Kier molecular flexibility index (Phi) is 6.07. The second-order valence-electron chi connectivity index (χ2n) is 4.45. The first kappa shape index (κ1) is 16.2. The largest absolute Gasteiger partial charge is 0.370 e. The van der Waals surface area contributed by atoms with Crippen molar-refractivity contribution in [3.8, 4) is 0 Å². The van der Waals surface area contributed by atoms with E-state index in [1.807, 2.05) is 24.3 Å². The van der Waals surface area contributed by atoms with Gasteiger partial charge in [0.15, 0.2) is 0 Å². The maximum atomic E-state index is 11.9. The number of ether oxygens (including phenoxy) is 1. The molecule has 106 valence electrons. The number of nitrogens with zero attached hydrogens (tertiary/aromatic N) is 1. The lowest BCUT2D eigenvalue weighted by Gasteiger charge is -2.34. The van der Waals surface area contributed by atoms with Gasteiger partial charge in [-0.3, -0.25) is 4.79 Å². The highest BCUT2D eigenvalue weighted by Gasteiger charge is 2.27. The van der Waals surface area contributed by atoms with Gasteiger partial charge in [-0.2, -0.15) is 0 Å². The van der Waals surface area contributed by atoms with E-state index in [4.69, 9.17) is 22.1 Å². The Morgan fingerprint density at radius 2 is 2.21 bits per heavy atom. The molecule has 6 heteroatoms. The summed E-state index contributed by atoms with van der Waals surface area (Å²) in [6.45, 7) is 3.29. The number of amides is 1. The minimum atomic E-state index is -0.477. The van der Waals surface area contributed by atoms with Crippen molar-refractivity contribution in [3.63, 3.8) is 0 Å². The fourth-order valence-electron chi connectivity index (χ4n) is 2.06. The zero-order valence-electron chi connectivity index (χ0n) is 10.7. The van der Waals surface area contributed by atoms with Gasteiger partial charge in [0.05, 0.1) is 19.2 Å². The summed E-state index contributed by atoms with van der Waals surface area (Å²) in [5.74, 6) is -0.0460. The maximum absolute atomic E-state index is 11.9. The van der Waals surface area contributed by atoms with E-state index in [0.29, 0.717) is 24.7 Å². The van der Waals surface area contributed by atoms with Crippen LogP contribution in [0.15, 0.2) is 24.3 Å². The lowest BCUT2D eigenvalue weighted by molar-refractivity contribution is -0.140. The van der Waals surface area contributed by atoms with Crippen molar-refractivity contribution < 1.29 is 9.53 Å². The fraction of sp³-hybridized carbons (Fsp3) is 0.462. The Labute approximate surface area is 124 Å². The highest BCUT2D eigenvalue weighted by atomic mass is 35.5. The van der Waals surface area contributed by atoms with Gasteiger partial charge in [0, 0.05) is 17.1 Å². The Hall–Kier alpha value is -0.810. The van der Waals surface area contributed by atoms with Crippen molar-refractivity contribution >= 4 is 29.9 Å². The minimum Gasteiger partial charge on any atom is -0.370 e. The number of nitrogens with two attached hydrogens (primary N) is 1. The molecule has 0 spiro atoms. The molecule has 1 heterocycles. The molecule has 1 saturated heterocycles. The molecular formula is C13H18Cl2N2O2. The predicted octanol–water partition coefficient (Wildman–Crippen LogP) is 2.01. The van der Waals surface area contributed by atoms with E-state index in [1.54, 1.807) is 11.8 Å². The molecule has 2 atom stereocenters. The first-order valence-corrected chi connectivity index (χ1v) is 6.38. The first-order valence-electron chi connectivity index (χ1n) is 6.00. The summed E-state index contributed by atoms with van der Waals surface area (Å²) >= 11 is 6.14. The number of hydrogen-bond donors (Lipinski definition) is 1. The molecule has 0 bridgehead atoms. The summed E-state index contributed by atoms with van der Waals surface area (Å²) < 4.78 is 5.69. The number of hydrogen-bond acceptors (Lipinski definition) is 3. The molecule has 1 amide bonds. The molecule has 1 aromatic rings. The lowest BCUT2D eigenvalue weighted by atomic mass is 10.1. The highest BCUT2D eigenvalue weighted by Crippen LogP contribution is 2.28. The van der Waals surface area contributed by atoms with E-state index in [0.717, 1.165) is 5.56 Å². The molecule has 1 fully saturated rings. The van der Waals surface area contributed by atoms with Crippen molar-refractivity contribution in [3.05, 3.63) is 34.9 Å². The monoisotopic (exact) mass is 304 g/mol. The van der Waals surface area contributed by atoms with Crippen molar-refractivity contribution in [2.75, 3.05) is 19.7 Å². The van der Waals surface area contributed by atoms with Crippen LogP contribution in [0.4, 0.5) is 0 Å². The van der Waals surface area contributed by atoms with Crippen molar-refractivity contribution in [1.82, 2.24) is 4.90 Å². The fourth-order valence-corrected chi connectivity index (χ4v) is 2.32. The van der Waals surface area contributed by atoms with Gasteiger partial charge in [-0.05, 0) is 13.0 Å². The molecule has 0 aliphatic carbocycles. The zero-order chi connectivity index (χ0) is 13.1. The van der Waals surface area contributed by atoms with Gasteiger partial charge in [-0.25, -0.2) is 0 Å². The van der Waals surface area contributed by atoms with Crippen LogP contribution in [0, 0.1) is 0 Å². The third kappa shape index (κ3) is 3.83. The van der Waals surface area contributed by atoms with Crippen LogP contribution in [0.25, 0.3) is 0 Å². The molecule has 4 nitrogen and oxygen atoms in total. The molecule has 1 aromatic carbocycles. The van der Waals surface area contributed by atoms with E-state index in [-0.39, 0.29) is 24.4 Å². The van der Waals surface area contributed by atoms with Gasteiger partial charge >= 0.3 is 0 Å². The van der Waals surface area contributed by atoms with Crippen LogP contribution in [0.1, 0.15) is 18.6 Å². The van der Waals surface area contributed by atoms with Crippen LogP contribution < -0.4 is 5.73 Å². The van der Waals surface area contributed by atoms with E-state index in [1.165, 1.54) is 0 Å². The molecule has 1 aliphatic rings. The van der Waals surface area contributed by atoms with E-state index >= 15 is 0 Å². The lowest BCUT2D eigenvalue weighted by Crippen LogP contribution is -2.48. The first-order chi connectivity index (χ1) is 8.59. The number of carbonyl (C=O) groups excluding carboxylic acids is 1.